The van der Waals surface area contributed by atoms with Crippen molar-refractivity contribution in [2.24, 2.45) is 5.92 Å². The van der Waals surface area contributed by atoms with Gasteiger partial charge in [0.2, 0.25) is 0 Å². The van der Waals surface area contributed by atoms with Gasteiger partial charge in [0.15, 0.2) is 0 Å². The van der Waals surface area contributed by atoms with Gasteiger partial charge in [-0.05, 0) is 25.0 Å². The number of hydrogen-bond acceptors (Lipinski definition) is 2. The average Bonchev–Trinajstić information content (AvgIpc) is 2.26. The zero-order chi connectivity index (χ0) is 13.9. The molecule has 0 aliphatic carbocycles. The Labute approximate surface area is 105 Å². The van der Waals surface area contributed by atoms with Crippen LogP contribution in [0.1, 0.15) is 31.1 Å². The first-order valence-corrected chi connectivity index (χ1v) is 5.70. The van der Waals surface area contributed by atoms with E-state index in [0.717, 1.165) is 12.1 Å². The largest absolute Gasteiger partial charge is 0.388 e. The molecular weight excluding hydrogens is 240 g/mol. The minimum Gasteiger partial charge on any atom is -0.388 e. The van der Waals surface area contributed by atoms with Crippen molar-refractivity contribution in [1.29, 1.82) is 0 Å². The normalized spacial score (nSPS) is 14.4. The molecule has 1 rings (SSSR count). The van der Waals surface area contributed by atoms with Crippen molar-refractivity contribution in [3.05, 3.63) is 35.4 Å². The monoisotopic (exact) mass is 257 g/mol. The average molecular weight is 257 g/mol. The zero-order valence-electron chi connectivity index (χ0n) is 10.6. The van der Waals surface area contributed by atoms with Crippen molar-refractivity contribution in [2.75, 3.05) is 6.54 Å². The summed E-state index contributed by atoms with van der Waals surface area (Å²) >= 11 is 0. The van der Waals surface area contributed by atoms with Gasteiger partial charge in [0.05, 0.1) is 5.60 Å². The van der Waals surface area contributed by atoms with Crippen LogP contribution in [0.4, 0.5) is 8.78 Å². The smallest absolute Gasteiger partial charge is 0.257 e. The molecule has 1 atom stereocenters. The molecule has 0 aliphatic heterocycles. The Bertz CT molecular complexity index is 424. The number of carbonyl (C=O) groups excluding carboxylic acids is 1. The second-order valence-electron chi connectivity index (χ2n) is 4.79. The van der Waals surface area contributed by atoms with Crippen molar-refractivity contribution >= 4 is 5.91 Å². The van der Waals surface area contributed by atoms with Crippen LogP contribution in [0.15, 0.2) is 18.2 Å². The number of rotatable bonds is 4. The summed E-state index contributed by atoms with van der Waals surface area (Å²) in [7, 11) is 0. The molecule has 1 amide bonds. The lowest BCUT2D eigenvalue weighted by Crippen LogP contribution is -2.44. The van der Waals surface area contributed by atoms with Gasteiger partial charge in [-0.1, -0.05) is 19.9 Å². The quantitative estimate of drug-likeness (QED) is 0.867. The number of hydrogen-bond donors (Lipinski definition) is 2. The maximum absolute atomic E-state index is 13.3. The van der Waals surface area contributed by atoms with E-state index in [4.69, 9.17) is 0 Å². The van der Waals surface area contributed by atoms with Crippen LogP contribution in [-0.2, 0) is 0 Å². The highest BCUT2D eigenvalue weighted by Crippen LogP contribution is 2.16. The van der Waals surface area contributed by atoms with E-state index >= 15 is 0 Å². The fourth-order valence-electron chi connectivity index (χ4n) is 1.27. The SMILES string of the molecule is CC(C)C(C)(O)CNC(=O)c1c(F)cccc1F. The maximum Gasteiger partial charge on any atom is 0.257 e. The topological polar surface area (TPSA) is 49.3 Å². The van der Waals surface area contributed by atoms with Crippen molar-refractivity contribution in [3.63, 3.8) is 0 Å². The van der Waals surface area contributed by atoms with Crippen LogP contribution in [0.2, 0.25) is 0 Å². The summed E-state index contributed by atoms with van der Waals surface area (Å²) in [5.41, 5.74) is -1.76. The molecule has 1 unspecified atom stereocenters. The summed E-state index contributed by atoms with van der Waals surface area (Å²) in [6, 6.07) is 3.21. The number of nitrogens with one attached hydrogen (secondary N) is 1. The molecule has 2 N–H and O–H groups in total. The first kappa shape index (κ1) is 14.6. The number of halogens is 2. The molecule has 0 heterocycles. The van der Waals surface area contributed by atoms with Crippen molar-refractivity contribution < 1.29 is 18.7 Å². The Morgan fingerprint density at radius 3 is 2.33 bits per heavy atom. The van der Waals surface area contributed by atoms with E-state index in [9.17, 15) is 18.7 Å². The number of carbonyl (C=O) groups is 1. The summed E-state index contributed by atoms with van der Waals surface area (Å²) in [6.07, 6.45) is 0. The zero-order valence-corrected chi connectivity index (χ0v) is 10.6. The van der Waals surface area contributed by atoms with Gasteiger partial charge in [-0.15, -0.1) is 0 Å². The predicted octanol–water partition coefficient (Wildman–Crippen LogP) is 2.10. The fourth-order valence-corrected chi connectivity index (χ4v) is 1.27. The van der Waals surface area contributed by atoms with Gasteiger partial charge in [-0.3, -0.25) is 4.79 Å². The number of aliphatic hydroxyl groups is 1. The molecule has 0 spiro atoms. The van der Waals surface area contributed by atoms with Crippen LogP contribution in [-0.4, -0.2) is 23.2 Å². The Morgan fingerprint density at radius 2 is 1.89 bits per heavy atom. The molecule has 18 heavy (non-hydrogen) atoms. The Balaban J connectivity index is 2.79. The fraction of sp³-hybridized carbons (Fsp3) is 0.462. The minimum atomic E-state index is -1.13. The first-order valence-electron chi connectivity index (χ1n) is 5.70. The third-order valence-electron chi connectivity index (χ3n) is 3.04. The standard InChI is InChI=1S/C13H17F2NO2/c1-8(2)13(3,18)7-16-12(17)11-9(14)5-4-6-10(11)15/h4-6,8,18H,7H2,1-3H3,(H,16,17). The molecule has 5 heteroatoms. The summed E-state index contributed by atoms with van der Waals surface area (Å²) in [6.45, 7) is 5.05. The lowest BCUT2D eigenvalue weighted by atomic mass is 9.92. The molecule has 1 aromatic carbocycles. The highest BCUT2D eigenvalue weighted by atomic mass is 19.1. The predicted molar refractivity (Wildman–Crippen MR) is 64.2 cm³/mol. The Hall–Kier alpha value is -1.49. The van der Waals surface area contributed by atoms with Crippen molar-refractivity contribution in [3.8, 4) is 0 Å². The molecule has 3 nitrogen and oxygen atoms in total. The van der Waals surface area contributed by atoms with Crippen LogP contribution in [0.3, 0.4) is 0 Å². The molecule has 0 aromatic heterocycles. The Morgan fingerprint density at radius 1 is 1.39 bits per heavy atom. The van der Waals surface area contributed by atoms with Crippen LogP contribution in [0.25, 0.3) is 0 Å². The summed E-state index contributed by atoms with van der Waals surface area (Å²) in [5.74, 6) is -2.80. The summed E-state index contributed by atoms with van der Waals surface area (Å²) in [4.78, 5) is 11.7. The van der Waals surface area contributed by atoms with Gasteiger partial charge in [-0.25, -0.2) is 8.78 Å². The molecular formula is C13H17F2NO2. The van der Waals surface area contributed by atoms with Crippen LogP contribution >= 0.6 is 0 Å². The summed E-state index contributed by atoms with van der Waals surface area (Å²) in [5, 5.41) is 12.3. The number of amides is 1. The van der Waals surface area contributed by atoms with Crippen molar-refractivity contribution in [2.45, 2.75) is 26.4 Å². The van der Waals surface area contributed by atoms with E-state index < -0.39 is 28.7 Å². The lowest BCUT2D eigenvalue weighted by Gasteiger charge is -2.27. The maximum atomic E-state index is 13.3. The van der Waals surface area contributed by atoms with Gasteiger partial charge in [0.25, 0.3) is 5.91 Å². The van der Waals surface area contributed by atoms with E-state index in [2.05, 4.69) is 5.32 Å². The molecule has 0 saturated heterocycles. The van der Waals surface area contributed by atoms with Gasteiger partial charge in [-0.2, -0.15) is 0 Å². The third kappa shape index (κ3) is 3.26. The second-order valence-corrected chi connectivity index (χ2v) is 4.79. The van der Waals surface area contributed by atoms with Crippen molar-refractivity contribution in [1.82, 2.24) is 5.32 Å². The van der Waals surface area contributed by atoms with E-state index in [-0.39, 0.29) is 12.5 Å². The third-order valence-corrected chi connectivity index (χ3v) is 3.04. The molecule has 1 aromatic rings. The van der Waals surface area contributed by atoms with Gasteiger partial charge >= 0.3 is 0 Å². The van der Waals surface area contributed by atoms with E-state index in [1.54, 1.807) is 20.8 Å². The molecule has 0 radical (unpaired) electrons. The van der Waals surface area contributed by atoms with Crippen LogP contribution in [0, 0.1) is 17.6 Å². The first-order chi connectivity index (χ1) is 8.25. The minimum absolute atomic E-state index is 0.0721. The summed E-state index contributed by atoms with van der Waals surface area (Å²) < 4.78 is 26.6. The van der Waals surface area contributed by atoms with Gasteiger partial charge in [0.1, 0.15) is 17.2 Å². The highest BCUT2D eigenvalue weighted by Gasteiger charge is 2.26. The molecule has 0 fully saturated rings. The lowest BCUT2D eigenvalue weighted by molar-refractivity contribution is 0.0141. The van der Waals surface area contributed by atoms with Gasteiger partial charge in [0, 0.05) is 6.54 Å². The molecule has 0 bridgehead atoms. The second kappa shape index (κ2) is 5.44. The van der Waals surface area contributed by atoms with Crippen LogP contribution in [0.5, 0.6) is 0 Å². The highest BCUT2D eigenvalue weighted by molar-refractivity contribution is 5.94. The van der Waals surface area contributed by atoms with Gasteiger partial charge < -0.3 is 10.4 Å². The molecule has 100 valence electrons. The number of benzene rings is 1. The van der Waals surface area contributed by atoms with E-state index in [0.29, 0.717) is 0 Å². The van der Waals surface area contributed by atoms with Crippen LogP contribution < -0.4 is 5.32 Å². The Kier molecular flexibility index (Phi) is 4.40. The molecule has 0 aliphatic rings. The van der Waals surface area contributed by atoms with E-state index in [1.807, 2.05) is 0 Å². The van der Waals surface area contributed by atoms with E-state index in [1.165, 1.54) is 6.07 Å². The molecule has 0 saturated carbocycles.